The van der Waals surface area contributed by atoms with E-state index in [0.29, 0.717) is 10.6 Å². The van der Waals surface area contributed by atoms with Crippen LogP contribution in [0.3, 0.4) is 0 Å². The van der Waals surface area contributed by atoms with Crippen LogP contribution in [0.2, 0.25) is 5.02 Å². The first-order chi connectivity index (χ1) is 9.51. The summed E-state index contributed by atoms with van der Waals surface area (Å²) in [6.07, 6.45) is 0. The van der Waals surface area contributed by atoms with Crippen molar-refractivity contribution in [1.29, 1.82) is 0 Å². The van der Waals surface area contributed by atoms with Gasteiger partial charge in [0.25, 0.3) is 11.2 Å². The Hall–Kier alpha value is -2.41. The minimum absolute atomic E-state index is 0.0244. The van der Waals surface area contributed by atoms with Crippen molar-refractivity contribution in [2.75, 3.05) is 7.11 Å². The Morgan fingerprint density at radius 3 is 2.80 bits per heavy atom. The Morgan fingerprint density at radius 2 is 2.15 bits per heavy atom. The van der Waals surface area contributed by atoms with E-state index in [1.165, 1.54) is 37.4 Å². The van der Waals surface area contributed by atoms with Gasteiger partial charge in [0.05, 0.1) is 18.6 Å². The molecule has 0 amide bonds. The number of nitro benzene ring substituents is 1. The number of benzene rings is 1. The van der Waals surface area contributed by atoms with Crippen molar-refractivity contribution in [1.82, 2.24) is 9.78 Å². The lowest BCUT2D eigenvalue weighted by Crippen LogP contribution is -2.22. The van der Waals surface area contributed by atoms with E-state index in [1.54, 1.807) is 0 Å². The monoisotopic (exact) mass is 295 g/mol. The third kappa shape index (κ3) is 2.94. The van der Waals surface area contributed by atoms with Gasteiger partial charge in [-0.3, -0.25) is 14.9 Å². The summed E-state index contributed by atoms with van der Waals surface area (Å²) in [5, 5.41) is 15.0. The number of rotatable bonds is 4. The van der Waals surface area contributed by atoms with Crippen molar-refractivity contribution in [3.05, 3.63) is 61.4 Å². The van der Waals surface area contributed by atoms with Gasteiger partial charge in [0, 0.05) is 29.3 Å². The maximum atomic E-state index is 11.7. The van der Waals surface area contributed by atoms with Crippen molar-refractivity contribution >= 4 is 17.3 Å². The molecule has 0 saturated carbocycles. The van der Waals surface area contributed by atoms with Crippen LogP contribution in [-0.4, -0.2) is 21.8 Å². The van der Waals surface area contributed by atoms with Gasteiger partial charge in [0.15, 0.2) is 0 Å². The minimum Gasteiger partial charge on any atom is -0.480 e. The zero-order chi connectivity index (χ0) is 14.7. The van der Waals surface area contributed by atoms with Gasteiger partial charge in [-0.15, -0.1) is 5.10 Å². The predicted molar refractivity (Wildman–Crippen MR) is 72.3 cm³/mol. The molecule has 8 heteroatoms. The molecule has 2 rings (SSSR count). The van der Waals surface area contributed by atoms with E-state index >= 15 is 0 Å². The number of non-ortho nitro benzene ring substituents is 1. The van der Waals surface area contributed by atoms with Crippen LogP contribution < -0.4 is 10.3 Å². The maximum absolute atomic E-state index is 11.7. The lowest BCUT2D eigenvalue weighted by molar-refractivity contribution is -0.384. The van der Waals surface area contributed by atoms with Gasteiger partial charge in [0.1, 0.15) is 0 Å². The number of halogens is 1. The summed E-state index contributed by atoms with van der Waals surface area (Å²) in [7, 11) is 1.43. The molecule has 20 heavy (non-hydrogen) atoms. The molecule has 1 aromatic carbocycles. The van der Waals surface area contributed by atoms with Gasteiger partial charge in [0.2, 0.25) is 5.88 Å². The molecular weight excluding hydrogens is 286 g/mol. The van der Waals surface area contributed by atoms with Gasteiger partial charge < -0.3 is 4.74 Å². The molecule has 0 N–H and O–H groups in total. The zero-order valence-corrected chi connectivity index (χ0v) is 11.2. The van der Waals surface area contributed by atoms with Crippen molar-refractivity contribution in [3.8, 4) is 5.88 Å². The molecule has 0 spiro atoms. The molecule has 0 bridgehead atoms. The Labute approximate surface area is 118 Å². The largest absolute Gasteiger partial charge is 0.480 e. The summed E-state index contributed by atoms with van der Waals surface area (Å²) < 4.78 is 6.06. The molecule has 1 aromatic heterocycles. The Kier molecular flexibility index (Phi) is 3.99. The highest BCUT2D eigenvalue weighted by Gasteiger charge is 2.11. The van der Waals surface area contributed by atoms with E-state index in [-0.39, 0.29) is 23.7 Å². The van der Waals surface area contributed by atoms with Crippen molar-refractivity contribution in [2.24, 2.45) is 0 Å². The fraction of sp³-hybridized carbons (Fsp3) is 0.167. The van der Waals surface area contributed by atoms with Crippen LogP contribution in [0, 0.1) is 10.1 Å². The number of aromatic nitrogens is 2. The number of hydrogen-bond donors (Lipinski definition) is 0. The van der Waals surface area contributed by atoms with Gasteiger partial charge in [-0.05, 0) is 11.6 Å². The molecule has 1 heterocycles. The molecule has 0 aliphatic rings. The van der Waals surface area contributed by atoms with Crippen LogP contribution in [0.4, 0.5) is 5.69 Å². The standard InChI is InChI=1S/C12H10ClN3O4/c1-20-11-4-5-12(17)15(14-11)7-8-6-9(16(18)19)2-3-10(8)13/h2-6H,7H2,1H3. The number of nitrogens with zero attached hydrogens (tertiary/aromatic N) is 3. The summed E-state index contributed by atoms with van der Waals surface area (Å²) in [5.74, 6) is 0.270. The molecular formula is C12H10ClN3O4. The molecule has 0 fully saturated rings. The van der Waals surface area contributed by atoms with Gasteiger partial charge in [-0.25, -0.2) is 4.68 Å². The second-order valence-corrected chi connectivity index (χ2v) is 4.31. The van der Waals surface area contributed by atoms with Crippen LogP contribution in [0.5, 0.6) is 5.88 Å². The Morgan fingerprint density at radius 1 is 1.40 bits per heavy atom. The SMILES string of the molecule is COc1ccc(=O)n(Cc2cc([N+](=O)[O-])ccc2Cl)n1. The Balaban J connectivity index is 2.41. The average Bonchev–Trinajstić information content (AvgIpc) is 2.43. The van der Waals surface area contributed by atoms with E-state index in [9.17, 15) is 14.9 Å². The molecule has 0 radical (unpaired) electrons. The lowest BCUT2D eigenvalue weighted by atomic mass is 10.2. The molecule has 0 unspecified atom stereocenters. The lowest BCUT2D eigenvalue weighted by Gasteiger charge is -2.07. The summed E-state index contributed by atoms with van der Waals surface area (Å²) in [5.41, 5.74) is -0.0163. The maximum Gasteiger partial charge on any atom is 0.269 e. The number of hydrogen-bond acceptors (Lipinski definition) is 5. The third-order valence-corrected chi connectivity index (χ3v) is 2.98. The van der Waals surface area contributed by atoms with Crippen molar-refractivity contribution < 1.29 is 9.66 Å². The second kappa shape index (κ2) is 5.70. The van der Waals surface area contributed by atoms with E-state index in [2.05, 4.69) is 5.10 Å². The highest BCUT2D eigenvalue weighted by Crippen LogP contribution is 2.22. The summed E-state index contributed by atoms with van der Waals surface area (Å²) in [6, 6.07) is 6.77. The molecule has 0 atom stereocenters. The molecule has 7 nitrogen and oxygen atoms in total. The van der Waals surface area contributed by atoms with Gasteiger partial charge >= 0.3 is 0 Å². The number of methoxy groups -OCH3 is 1. The molecule has 0 saturated heterocycles. The second-order valence-electron chi connectivity index (χ2n) is 3.90. The van der Waals surface area contributed by atoms with Crippen LogP contribution in [0.25, 0.3) is 0 Å². The van der Waals surface area contributed by atoms with E-state index < -0.39 is 4.92 Å². The minimum atomic E-state index is -0.526. The molecule has 2 aromatic rings. The normalized spacial score (nSPS) is 10.3. The van der Waals surface area contributed by atoms with Crippen molar-refractivity contribution in [3.63, 3.8) is 0 Å². The zero-order valence-electron chi connectivity index (χ0n) is 10.4. The molecule has 0 aliphatic carbocycles. The van der Waals surface area contributed by atoms with Crippen molar-refractivity contribution in [2.45, 2.75) is 6.54 Å². The highest BCUT2D eigenvalue weighted by molar-refractivity contribution is 6.31. The molecule has 0 aliphatic heterocycles. The average molecular weight is 296 g/mol. The third-order valence-electron chi connectivity index (χ3n) is 2.61. The fourth-order valence-corrected chi connectivity index (χ4v) is 1.79. The topological polar surface area (TPSA) is 87.3 Å². The number of ether oxygens (including phenoxy) is 1. The van der Waals surface area contributed by atoms with Crippen LogP contribution >= 0.6 is 11.6 Å². The van der Waals surface area contributed by atoms with Crippen LogP contribution in [0.15, 0.2) is 35.1 Å². The number of nitro groups is 1. The van der Waals surface area contributed by atoms with E-state index in [4.69, 9.17) is 16.3 Å². The summed E-state index contributed by atoms with van der Waals surface area (Å²) in [6.45, 7) is 0.0244. The first kappa shape index (κ1) is 14.0. The fourth-order valence-electron chi connectivity index (χ4n) is 1.61. The first-order valence-electron chi connectivity index (χ1n) is 5.56. The smallest absolute Gasteiger partial charge is 0.269 e. The predicted octanol–water partition coefficient (Wildman–Crippen LogP) is 1.86. The van der Waals surface area contributed by atoms with Gasteiger partial charge in [-0.2, -0.15) is 0 Å². The Bertz CT molecular complexity index is 714. The summed E-state index contributed by atoms with van der Waals surface area (Å²) >= 11 is 5.98. The van der Waals surface area contributed by atoms with Crippen LogP contribution in [0.1, 0.15) is 5.56 Å². The highest BCUT2D eigenvalue weighted by atomic mass is 35.5. The quantitative estimate of drug-likeness (QED) is 0.634. The summed E-state index contributed by atoms with van der Waals surface area (Å²) in [4.78, 5) is 21.9. The van der Waals surface area contributed by atoms with E-state index in [0.717, 1.165) is 4.68 Å². The van der Waals surface area contributed by atoms with E-state index in [1.807, 2.05) is 0 Å². The molecule has 104 valence electrons. The first-order valence-corrected chi connectivity index (χ1v) is 5.94. The van der Waals surface area contributed by atoms with Gasteiger partial charge in [-0.1, -0.05) is 11.6 Å². The van der Waals surface area contributed by atoms with Crippen LogP contribution in [-0.2, 0) is 6.54 Å².